The molecule has 98 valence electrons. The lowest BCUT2D eigenvalue weighted by molar-refractivity contribution is -0.122. The largest absolute Gasteiger partial charge is 0.387 e. The molecule has 1 aromatic rings. The number of carbonyl (C=O) groups is 2. The van der Waals surface area contributed by atoms with Crippen LogP contribution in [0.25, 0.3) is 0 Å². The van der Waals surface area contributed by atoms with Crippen molar-refractivity contribution >= 4 is 17.5 Å². The summed E-state index contributed by atoms with van der Waals surface area (Å²) in [6, 6.07) is 1.71. The highest BCUT2D eigenvalue weighted by Gasteiger charge is 2.09. The number of amides is 2. The monoisotopic (exact) mass is 252 g/mol. The van der Waals surface area contributed by atoms with Crippen molar-refractivity contribution in [3.05, 3.63) is 24.0 Å². The maximum atomic E-state index is 11.8. The number of hydrogen-bond donors (Lipinski definition) is 3. The summed E-state index contributed by atoms with van der Waals surface area (Å²) in [5.74, 6) is -0.791. The molecule has 0 fully saturated rings. The lowest BCUT2D eigenvalue weighted by Gasteiger charge is -2.09. The molecule has 1 aromatic heterocycles. The number of carbonyl (C=O) groups excluding carboxylic acids is 2. The molecule has 0 aliphatic rings. The zero-order chi connectivity index (χ0) is 13.4. The first-order chi connectivity index (χ1) is 8.65. The van der Waals surface area contributed by atoms with Crippen LogP contribution in [0.15, 0.2) is 18.5 Å². The fourth-order valence-electron chi connectivity index (χ4n) is 1.30. The molecule has 2 amide bonds. The summed E-state index contributed by atoms with van der Waals surface area (Å²) < 4.78 is 4.92. The summed E-state index contributed by atoms with van der Waals surface area (Å²) in [5.41, 5.74) is 6.04. The Hall–Kier alpha value is -2.15. The van der Waals surface area contributed by atoms with Gasteiger partial charge in [-0.3, -0.25) is 14.6 Å². The molecule has 4 N–H and O–H groups in total. The highest BCUT2D eigenvalue weighted by atomic mass is 16.5. The van der Waals surface area contributed by atoms with Gasteiger partial charge in [0, 0.05) is 31.7 Å². The number of nitrogens with one attached hydrogen (secondary N) is 2. The van der Waals surface area contributed by atoms with Crippen LogP contribution in [0.3, 0.4) is 0 Å². The number of pyridine rings is 1. The molecular weight excluding hydrogens is 236 g/mol. The normalized spacial score (nSPS) is 9.83. The number of rotatable bonds is 7. The molecule has 0 aromatic carbocycles. The van der Waals surface area contributed by atoms with Crippen molar-refractivity contribution in [1.82, 2.24) is 10.3 Å². The Bertz CT molecular complexity index is 423. The van der Waals surface area contributed by atoms with E-state index in [4.69, 9.17) is 10.5 Å². The smallest absolute Gasteiger partial charge is 0.255 e. The number of hydrogen-bond acceptors (Lipinski definition) is 5. The fraction of sp³-hybridized carbons (Fsp3) is 0.364. The molecule has 0 atom stereocenters. The van der Waals surface area contributed by atoms with Gasteiger partial charge >= 0.3 is 0 Å². The van der Waals surface area contributed by atoms with E-state index in [9.17, 15) is 9.59 Å². The maximum absolute atomic E-state index is 11.8. The molecule has 0 saturated heterocycles. The summed E-state index contributed by atoms with van der Waals surface area (Å²) in [4.78, 5) is 26.1. The van der Waals surface area contributed by atoms with E-state index in [2.05, 4.69) is 15.6 Å². The van der Waals surface area contributed by atoms with Crippen molar-refractivity contribution in [1.29, 1.82) is 0 Å². The van der Waals surface area contributed by atoms with Crippen molar-refractivity contribution in [2.24, 2.45) is 5.73 Å². The summed E-state index contributed by atoms with van der Waals surface area (Å²) in [5, 5.41) is 5.55. The van der Waals surface area contributed by atoms with E-state index in [0.29, 0.717) is 17.8 Å². The average Bonchev–Trinajstić information content (AvgIpc) is 2.37. The van der Waals surface area contributed by atoms with Crippen LogP contribution in [0.5, 0.6) is 0 Å². The van der Waals surface area contributed by atoms with Crippen LogP contribution in [-0.2, 0) is 9.53 Å². The number of anilines is 1. The van der Waals surface area contributed by atoms with Gasteiger partial charge in [0.2, 0.25) is 5.91 Å². The van der Waals surface area contributed by atoms with Gasteiger partial charge in [0.05, 0.1) is 12.2 Å². The topological polar surface area (TPSA) is 106 Å². The van der Waals surface area contributed by atoms with Gasteiger partial charge in [-0.1, -0.05) is 0 Å². The fourth-order valence-corrected chi connectivity index (χ4v) is 1.30. The number of ether oxygens (including phenoxy) is 1. The highest BCUT2D eigenvalue weighted by molar-refractivity contribution is 5.99. The highest BCUT2D eigenvalue weighted by Crippen LogP contribution is 2.11. The van der Waals surface area contributed by atoms with Crippen LogP contribution in [0.4, 0.5) is 5.69 Å². The summed E-state index contributed by atoms with van der Waals surface area (Å²) in [6.07, 6.45) is 3.07. The maximum Gasteiger partial charge on any atom is 0.255 e. The van der Waals surface area contributed by atoms with Crippen LogP contribution < -0.4 is 16.4 Å². The second-order valence-electron chi connectivity index (χ2n) is 3.45. The first-order valence-electron chi connectivity index (χ1n) is 5.41. The van der Waals surface area contributed by atoms with Crippen molar-refractivity contribution in [2.45, 2.75) is 0 Å². The van der Waals surface area contributed by atoms with E-state index in [1.54, 1.807) is 19.3 Å². The second kappa shape index (κ2) is 7.23. The Morgan fingerprint density at radius 3 is 2.94 bits per heavy atom. The molecule has 0 aliphatic carbocycles. The van der Waals surface area contributed by atoms with Crippen LogP contribution in [0.1, 0.15) is 10.4 Å². The van der Waals surface area contributed by atoms with Crippen LogP contribution >= 0.6 is 0 Å². The van der Waals surface area contributed by atoms with E-state index >= 15 is 0 Å². The number of aromatic nitrogens is 1. The number of nitrogens with two attached hydrogens (primary N) is 1. The second-order valence-corrected chi connectivity index (χ2v) is 3.45. The third kappa shape index (κ3) is 4.38. The molecule has 7 heteroatoms. The molecule has 18 heavy (non-hydrogen) atoms. The van der Waals surface area contributed by atoms with Gasteiger partial charge in [0.1, 0.15) is 6.61 Å². The Balaban J connectivity index is 2.38. The summed E-state index contributed by atoms with van der Waals surface area (Å²) >= 11 is 0. The lowest BCUT2D eigenvalue weighted by Crippen LogP contribution is -2.29. The van der Waals surface area contributed by atoms with E-state index in [1.807, 2.05) is 0 Å². The molecular formula is C11H16N4O3. The lowest BCUT2D eigenvalue weighted by atomic mass is 10.2. The van der Waals surface area contributed by atoms with Crippen LogP contribution in [0.2, 0.25) is 0 Å². The van der Waals surface area contributed by atoms with E-state index in [0.717, 1.165) is 0 Å². The first-order valence-corrected chi connectivity index (χ1v) is 5.41. The molecule has 0 saturated carbocycles. The minimum Gasteiger partial charge on any atom is -0.387 e. The Morgan fingerprint density at radius 2 is 2.28 bits per heavy atom. The SMILES string of the molecule is CNc1ccncc1C(=O)NCCOCC(N)=O. The zero-order valence-corrected chi connectivity index (χ0v) is 10.1. The molecule has 7 nitrogen and oxygen atoms in total. The van der Waals surface area contributed by atoms with E-state index in [-0.39, 0.29) is 19.1 Å². The molecule has 1 heterocycles. The van der Waals surface area contributed by atoms with Crippen LogP contribution in [-0.4, -0.2) is 43.6 Å². The minimum absolute atomic E-state index is 0.148. The predicted molar refractivity (Wildman–Crippen MR) is 66.1 cm³/mol. The van der Waals surface area contributed by atoms with Gasteiger partial charge < -0.3 is 21.1 Å². The zero-order valence-electron chi connectivity index (χ0n) is 10.1. The number of primary amides is 1. The first kappa shape index (κ1) is 13.9. The van der Waals surface area contributed by atoms with Gasteiger partial charge in [-0.15, -0.1) is 0 Å². The predicted octanol–water partition coefficient (Wildman–Crippen LogP) is -0.645. The third-order valence-electron chi connectivity index (χ3n) is 2.11. The van der Waals surface area contributed by atoms with Crippen LogP contribution in [0, 0.1) is 0 Å². The Kier molecular flexibility index (Phi) is 5.59. The van der Waals surface area contributed by atoms with Crippen molar-refractivity contribution < 1.29 is 14.3 Å². The van der Waals surface area contributed by atoms with Gasteiger partial charge in [-0.25, -0.2) is 0 Å². The third-order valence-corrected chi connectivity index (χ3v) is 2.11. The van der Waals surface area contributed by atoms with Crippen molar-refractivity contribution in [3.63, 3.8) is 0 Å². The van der Waals surface area contributed by atoms with Gasteiger partial charge in [0.25, 0.3) is 5.91 Å². The molecule has 0 aliphatic heterocycles. The van der Waals surface area contributed by atoms with Gasteiger partial charge in [-0.05, 0) is 6.07 Å². The van der Waals surface area contributed by atoms with Crippen molar-refractivity contribution in [3.8, 4) is 0 Å². The van der Waals surface area contributed by atoms with E-state index < -0.39 is 5.91 Å². The summed E-state index contributed by atoms with van der Waals surface area (Å²) in [6.45, 7) is 0.374. The molecule has 1 rings (SSSR count). The standard InChI is InChI=1S/C11H16N4O3/c1-13-9-2-3-14-6-8(9)11(17)15-4-5-18-7-10(12)16/h2-3,6H,4-5,7H2,1H3,(H2,12,16)(H,13,14)(H,15,17). The molecule has 0 unspecified atom stereocenters. The Labute approximate surface area is 105 Å². The van der Waals surface area contributed by atoms with Gasteiger partial charge in [0.15, 0.2) is 0 Å². The quantitative estimate of drug-likeness (QED) is 0.559. The minimum atomic E-state index is -0.536. The van der Waals surface area contributed by atoms with E-state index in [1.165, 1.54) is 6.20 Å². The van der Waals surface area contributed by atoms with Crippen molar-refractivity contribution in [2.75, 3.05) is 32.1 Å². The molecule has 0 spiro atoms. The summed E-state index contributed by atoms with van der Waals surface area (Å²) in [7, 11) is 1.72. The molecule has 0 radical (unpaired) electrons. The average molecular weight is 252 g/mol. The number of nitrogens with zero attached hydrogens (tertiary/aromatic N) is 1. The van der Waals surface area contributed by atoms with Gasteiger partial charge in [-0.2, -0.15) is 0 Å². The molecule has 0 bridgehead atoms. The Morgan fingerprint density at radius 1 is 1.50 bits per heavy atom.